The maximum Gasteiger partial charge on any atom is 0.124 e. The molecule has 1 aliphatic heterocycles. The van der Waals surface area contributed by atoms with Gasteiger partial charge in [-0.1, -0.05) is 17.7 Å². The summed E-state index contributed by atoms with van der Waals surface area (Å²) in [6, 6.07) is 2.01. The molecular weight excluding hydrogens is 300 g/mol. The Morgan fingerprint density at radius 1 is 1.35 bits per heavy atom. The molecule has 4 heteroatoms. The zero-order valence-corrected chi connectivity index (χ0v) is 11.8. The second kappa shape index (κ2) is 4.71. The van der Waals surface area contributed by atoms with Crippen LogP contribution in [0.15, 0.2) is 22.9 Å². The molecule has 0 amide bonds. The Hall–Kier alpha value is -0.380. The fourth-order valence-corrected chi connectivity index (χ4v) is 3.18. The van der Waals surface area contributed by atoms with Gasteiger partial charge in [0.2, 0.25) is 0 Å². The van der Waals surface area contributed by atoms with Gasteiger partial charge in [0.25, 0.3) is 0 Å². The van der Waals surface area contributed by atoms with Gasteiger partial charge >= 0.3 is 0 Å². The fraction of sp³-hybridized carbons (Fsp3) is 0.462. The first kappa shape index (κ1) is 11.7. The average molecular weight is 314 g/mol. The van der Waals surface area contributed by atoms with Crippen LogP contribution in [0.2, 0.25) is 5.02 Å². The van der Waals surface area contributed by atoms with Crippen molar-refractivity contribution in [1.29, 1.82) is 0 Å². The van der Waals surface area contributed by atoms with Crippen molar-refractivity contribution in [2.45, 2.75) is 12.8 Å². The summed E-state index contributed by atoms with van der Waals surface area (Å²) in [5.41, 5.74) is 2.57. The van der Waals surface area contributed by atoms with Crippen molar-refractivity contribution in [3.63, 3.8) is 0 Å². The van der Waals surface area contributed by atoms with Crippen LogP contribution < -0.4 is 5.32 Å². The van der Waals surface area contributed by atoms with Gasteiger partial charge in [-0.15, -0.1) is 0 Å². The number of nitrogens with one attached hydrogen (secondary N) is 1. The van der Waals surface area contributed by atoms with Gasteiger partial charge in [-0.3, -0.25) is 0 Å². The third-order valence-electron chi connectivity index (χ3n) is 3.80. The number of allylic oxidation sites excluding steroid dienone is 2. The molecule has 2 heterocycles. The minimum Gasteiger partial charge on any atom is -0.316 e. The smallest absolute Gasteiger partial charge is 0.124 e. The van der Waals surface area contributed by atoms with E-state index < -0.39 is 0 Å². The van der Waals surface area contributed by atoms with Crippen LogP contribution in [0, 0.1) is 11.8 Å². The molecule has 2 unspecified atom stereocenters. The topological polar surface area (TPSA) is 24.9 Å². The standard InChI is InChI=1S/C13H14BrClN2/c14-13-12(15)4-11(7-17-13)8-1-2-9-5-16-6-10(9)3-8/h1,4,7,9-10,16H,2-3,5-6H2. The van der Waals surface area contributed by atoms with Gasteiger partial charge in [-0.2, -0.15) is 0 Å². The zero-order valence-electron chi connectivity index (χ0n) is 9.42. The monoisotopic (exact) mass is 312 g/mol. The first-order chi connectivity index (χ1) is 8.24. The predicted molar refractivity (Wildman–Crippen MR) is 74.0 cm³/mol. The highest BCUT2D eigenvalue weighted by atomic mass is 79.9. The van der Waals surface area contributed by atoms with Crippen molar-refractivity contribution in [1.82, 2.24) is 10.3 Å². The molecule has 1 fully saturated rings. The van der Waals surface area contributed by atoms with E-state index in [1.165, 1.54) is 24.1 Å². The Kier molecular flexibility index (Phi) is 3.24. The highest BCUT2D eigenvalue weighted by Gasteiger charge is 2.30. The number of halogens is 2. The van der Waals surface area contributed by atoms with E-state index in [1.807, 2.05) is 12.3 Å². The van der Waals surface area contributed by atoms with E-state index in [1.54, 1.807) is 0 Å². The van der Waals surface area contributed by atoms with Crippen molar-refractivity contribution < 1.29 is 0 Å². The Morgan fingerprint density at radius 2 is 2.18 bits per heavy atom. The van der Waals surface area contributed by atoms with Gasteiger partial charge in [0, 0.05) is 6.20 Å². The Bertz CT molecular complexity index is 472. The molecule has 2 aliphatic rings. The van der Waals surface area contributed by atoms with Crippen LogP contribution in [0.4, 0.5) is 0 Å². The van der Waals surface area contributed by atoms with Crippen LogP contribution in [0.25, 0.3) is 5.57 Å². The summed E-state index contributed by atoms with van der Waals surface area (Å²) < 4.78 is 0.722. The summed E-state index contributed by atoms with van der Waals surface area (Å²) in [4.78, 5) is 4.27. The van der Waals surface area contributed by atoms with Crippen LogP contribution in [0.5, 0.6) is 0 Å². The lowest BCUT2D eigenvalue weighted by Gasteiger charge is -2.24. The van der Waals surface area contributed by atoms with Crippen LogP contribution in [0.3, 0.4) is 0 Å². The number of hydrogen-bond donors (Lipinski definition) is 1. The largest absolute Gasteiger partial charge is 0.316 e. The summed E-state index contributed by atoms with van der Waals surface area (Å²) in [5.74, 6) is 1.62. The minimum atomic E-state index is 0.690. The number of nitrogens with zero attached hydrogens (tertiary/aromatic N) is 1. The molecule has 1 aliphatic carbocycles. The number of pyridine rings is 1. The van der Waals surface area contributed by atoms with Gasteiger partial charge in [0.15, 0.2) is 0 Å². The summed E-state index contributed by atoms with van der Waals surface area (Å²) in [6.45, 7) is 2.33. The molecule has 2 atom stereocenters. The van der Waals surface area contributed by atoms with Gasteiger partial charge < -0.3 is 5.32 Å². The lowest BCUT2D eigenvalue weighted by molar-refractivity contribution is 0.418. The molecule has 1 aromatic heterocycles. The highest BCUT2D eigenvalue weighted by Crippen LogP contribution is 2.37. The maximum absolute atomic E-state index is 6.10. The van der Waals surface area contributed by atoms with Crippen LogP contribution in [0.1, 0.15) is 18.4 Å². The zero-order chi connectivity index (χ0) is 11.8. The number of aromatic nitrogens is 1. The van der Waals surface area contributed by atoms with E-state index in [-0.39, 0.29) is 0 Å². The highest BCUT2D eigenvalue weighted by molar-refractivity contribution is 9.10. The second-order valence-electron chi connectivity index (χ2n) is 4.84. The third-order valence-corrected chi connectivity index (χ3v) is 4.94. The first-order valence-electron chi connectivity index (χ1n) is 5.95. The SMILES string of the molecule is Clc1cc(C2=CCC3CNCC3C2)cnc1Br. The summed E-state index contributed by atoms with van der Waals surface area (Å²) in [5, 5.41) is 4.16. The molecule has 0 saturated carbocycles. The maximum atomic E-state index is 6.10. The Labute approximate surface area is 115 Å². The average Bonchev–Trinajstić information content (AvgIpc) is 2.79. The Morgan fingerprint density at radius 3 is 3.00 bits per heavy atom. The molecule has 0 radical (unpaired) electrons. The molecule has 0 bridgehead atoms. The lowest BCUT2D eigenvalue weighted by Crippen LogP contribution is -2.16. The van der Waals surface area contributed by atoms with Crippen molar-refractivity contribution in [2.75, 3.05) is 13.1 Å². The second-order valence-corrected chi connectivity index (χ2v) is 6.00. The quantitative estimate of drug-likeness (QED) is 0.803. The van der Waals surface area contributed by atoms with Gasteiger partial charge in [0.05, 0.1) is 5.02 Å². The molecule has 1 N–H and O–H groups in total. The van der Waals surface area contributed by atoms with Crippen molar-refractivity contribution in [3.8, 4) is 0 Å². The van der Waals surface area contributed by atoms with Crippen molar-refractivity contribution in [3.05, 3.63) is 33.5 Å². The van der Waals surface area contributed by atoms with Gasteiger partial charge in [-0.25, -0.2) is 4.98 Å². The van der Waals surface area contributed by atoms with E-state index in [0.29, 0.717) is 5.02 Å². The van der Waals surface area contributed by atoms with E-state index in [0.717, 1.165) is 29.4 Å². The lowest BCUT2D eigenvalue weighted by atomic mass is 9.80. The summed E-state index contributed by atoms with van der Waals surface area (Å²) in [6.07, 6.45) is 6.60. The van der Waals surface area contributed by atoms with Crippen molar-refractivity contribution >= 4 is 33.1 Å². The van der Waals surface area contributed by atoms with Crippen LogP contribution >= 0.6 is 27.5 Å². The molecule has 1 aromatic rings. The van der Waals surface area contributed by atoms with E-state index in [2.05, 4.69) is 32.3 Å². The summed E-state index contributed by atoms with van der Waals surface area (Å²) >= 11 is 9.42. The van der Waals surface area contributed by atoms with Crippen LogP contribution in [-0.4, -0.2) is 18.1 Å². The van der Waals surface area contributed by atoms with Crippen molar-refractivity contribution in [2.24, 2.45) is 11.8 Å². The normalized spacial score (nSPS) is 27.8. The van der Waals surface area contributed by atoms with Gasteiger partial charge in [-0.05, 0) is 70.9 Å². The first-order valence-corrected chi connectivity index (χ1v) is 7.12. The molecule has 3 rings (SSSR count). The van der Waals surface area contributed by atoms with Crippen LogP contribution in [-0.2, 0) is 0 Å². The molecule has 2 nitrogen and oxygen atoms in total. The molecular formula is C13H14BrClN2. The fourth-order valence-electron chi connectivity index (χ4n) is 2.79. The number of fused-ring (bicyclic) bond motifs is 1. The third kappa shape index (κ3) is 2.28. The molecule has 90 valence electrons. The van der Waals surface area contributed by atoms with E-state index in [9.17, 15) is 0 Å². The van der Waals surface area contributed by atoms with E-state index in [4.69, 9.17) is 11.6 Å². The molecule has 0 aromatic carbocycles. The van der Waals surface area contributed by atoms with Gasteiger partial charge in [0.1, 0.15) is 4.60 Å². The number of hydrogen-bond acceptors (Lipinski definition) is 2. The molecule has 1 saturated heterocycles. The number of rotatable bonds is 1. The molecule has 0 spiro atoms. The Balaban J connectivity index is 1.86. The summed E-state index contributed by atoms with van der Waals surface area (Å²) in [7, 11) is 0. The van der Waals surface area contributed by atoms with E-state index >= 15 is 0 Å². The minimum absolute atomic E-state index is 0.690. The molecule has 17 heavy (non-hydrogen) atoms. The predicted octanol–water partition coefficient (Wildman–Crippen LogP) is 3.51.